The van der Waals surface area contributed by atoms with Crippen LogP contribution in [0.15, 0.2) is 0 Å². The first-order valence-corrected chi connectivity index (χ1v) is 6.36. The fourth-order valence-electron chi connectivity index (χ4n) is 2.78. The number of carboxylic acids is 1. The molecule has 0 amide bonds. The van der Waals surface area contributed by atoms with Gasteiger partial charge < -0.3 is 10.4 Å². The van der Waals surface area contributed by atoms with Gasteiger partial charge in [-0.05, 0) is 47.6 Å². The molecule has 1 heterocycles. The maximum Gasteiger partial charge on any atom is 0.304 e. The molecule has 0 bridgehead atoms. The average molecular weight is 242 g/mol. The van der Waals surface area contributed by atoms with E-state index in [1.807, 2.05) is 0 Å². The standard InChI is InChI=1S/C13H26N2O2/c1-12(2,3)15-9-10(8-11(16)17)14-7-6-13(15,4)5/h10,14H,6-9H2,1-5H3,(H,16,17). The number of aliphatic carboxylic acids is 1. The minimum absolute atomic E-state index is 0.0495. The number of hydrogen-bond donors (Lipinski definition) is 2. The Balaban J connectivity index is 2.84. The van der Waals surface area contributed by atoms with E-state index in [-0.39, 0.29) is 23.5 Å². The third-order valence-corrected chi connectivity index (χ3v) is 3.53. The van der Waals surface area contributed by atoms with E-state index in [1.54, 1.807) is 0 Å². The summed E-state index contributed by atoms with van der Waals surface area (Å²) >= 11 is 0. The summed E-state index contributed by atoms with van der Waals surface area (Å²) in [6, 6.07) is 0.0495. The van der Waals surface area contributed by atoms with Crippen molar-refractivity contribution in [3.63, 3.8) is 0 Å². The lowest BCUT2D eigenvalue weighted by Crippen LogP contribution is -2.56. The maximum absolute atomic E-state index is 10.8. The lowest BCUT2D eigenvalue weighted by molar-refractivity contribution is -0.137. The minimum atomic E-state index is -0.726. The third-order valence-electron chi connectivity index (χ3n) is 3.53. The quantitative estimate of drug-likeness (QED) is 0.774. The molecule has 1 atom stereocenters. The van der Waals surface area contributed by atoms with Crippen LogP contribution in [0.3, 0.4) is 0 Å². The first-order valence-electron chi connectivity index (χ1n) is 6.36. The molecule has 1 rings (SSSR count). The average Bonchev–Trinajstić information content (AvgIpc) is 2.22. The van der Waals surface area contributed by atoms with E-state index in [0.29, 0.717) is 0 Å². The summed E-state index contributed by atoms with van der Waals surface area (Å²) in [4.78, 5) is 13.3. The molecule has 1 unspecified atom stereocenters. The lowest BCUT2D eigenvalue weighted by Gasteiger charge is -2.46. The van der Waals surface area contributed by atoms with Crippen LogP contribution in [0.4, 0.5) is 0 Å². The molecule has 1 aliphatic heterocycles. The Morgan fingerprint density at radius 3 is 2.53 bits per heavy atom. The maximum atomic E-state index is 10.8. The Labute approximate surface area is 104 Å². The van der Waals surface area contributed by atoms with Crippen molar-refractivity contribution < 1.29 is 9.90 Å². The molecule has 0 aromatic rings. The largest absolute Gasteiger partial charge is 0.481 e. The molecule has 1 saturated heterocycles. The minimum Gasteiger partial charge on any atom is -0.481 e. The number of nitrogens with one attached hydrogen (secondary N) is 1. The molecule has 0 aliphatic carbocycles. The zero-order valence-corrected chi connectivity index (χ0v) is 11.7. The summed E-state index contributed by atoms with van der Waals surface area (Å²) in [5.74, 6) is -0.726. The van der Waals surface area contributed by atoms with Crippen LogP contribution in [0.2, 0.25) is 0 Å². The van der Waals surface area contributed by atoms with Gasteiger partial charge >= 0.3 is 5.97 Å². The number of hydrogen-bond acceptors (Lipinski definition) is 3. The molecule has 0 radical (unpaired) electrons. The van der Waals surface area contributed by atoms with Crippen LogP contribution >= 0.6 is 0 Å². The van der Waals surface area contributed by atoms with Gasteiger partial charge in [-0.25, -0.2) is 0 Å². The Morgan fingerprint density at radius 1 is 1.47 bits per heavy atom. The molecule has 1 aliphatic rings. The van der Waals surface area contributed by atoms with Gasteiger partial charge in [0.25, 0.3) is 0 Å². The Morgan fingerprint density at radius 2 is 2.06 bits per heavy atom. The first kappa shape index (κ1) is 14.5. The number of nitrogens with zero attached hydrogens (tertiary/aromatic N) is 1. The predicted molar refractivity (Wildman–Crippen MR) is 69.2 cm³/mol. The predicted octanol–water partition coefficient (Wildman–Crippen LogP) is 1.70. The molecule has 17 heavy (non-hydrogen) atoms. The zero-order valence-electron chi connectivity index (χ0n) is 11.7. The molecule has 2 N–H and O–H groups in total. The van der Waals surface area contributed by atoms with Crippen LogP contribution in [0.25, 0.3) is 0 Å². The summed E-state index contributed by atoms with van der Waals surface area (Å²) in [5, 5.41) is 12.3. The van der Waals surface area contributed by atoms with Crippen molar-refractivity contribution in [3.8, 4) is 0 Å². The fourth-order valence-corrected chi connectivity index (χ4v) is 2.78. The summed E-state index contributed by atoms with van der Waals surface area (Å²) in [6.45, 7) is 12.7. The summed E-state index contributed by atoms with van der Waals surface area (Å²) < 4.78 is 0. The van der Waals surface area contributed by atoms with E-state index in [2.05, 4.69) is 44.8 Å². The Kier molecular flexibility index (Phi) is 4.20. The van der Waals surface area contributed by atoms with E-state index >= 15 is 0 Å². The zero-order chi connectivity index (χ0) is 13.3. The van der Waals surface area contributed by atoms with Crippen molar-refractivity contribution in [2.24, 2.45) is 0 Å². The SMILES string of the molecule is CC(C)(C)N1CC(CC(=O)O)NCCC1(C)C. The van der Waals surface area contributed by atoms with E-state index in [4.69, 9.17) is 5.11 Å². The molecule has 4 heteroatoms. The van der Waals surface area contributed by atoms with Crippen molar-refractivity contribution >= 4 is 5.97 Å². The van der Waals surface area contributed by atoms with Crippen molar-refractivity contribution in [1.29, 1.82) is 0 Å². The van der Waals surface area contributed by atoms with Gasteiger partial charge in [-0.1, -0.05) is 0 Å². The molecule has 0 aromatic heterocycles. The second-order valence-electron chi connectivity index (χ2n) is 6.59. The highest BCUT2D eigenvalue weighted by Gasteiger charge is 2.38. The molecule has 0 aromatic carbocycles. The van der Waals surface area contributed by atoms with Crippen LogP contribution in [0, 0.1) is 0 Å². The van der Waals surface area contributed by atoms with E-state index in [1.165, 1.54) is 0 Å². The van der Waals surface area contributed by atoms with Gasteiger partial charge in [-0.15, -0.1) is 0 Å². The normalized spacial score (nSPS) is 26.5. The molecule has 0 saturated carbocycles. The molecule has 4 nitrogen and oxygen atoms in total. The van der Waals surface area contributed by atoms with Gasteiger partial charge in [-0.2, -0.15) is 0 Å². The smallest absolute Gasteiger partial charge is 0.304 e. The van der Waals surface area contributed by atoms with Gasteiger partial charge in [-0.3, -0.25) is 9.69 Å². The summed E-state index contributed by atoms with van der Waals surface area (Å²) in [5.41, 5.74) is 0.171. The highest BCUT2D eigenvalue weighted by molar-refractivity contribution is 5.67. The van der Waals surface area contributed by atoms with Crippen molar-refractivity contribution in [3.05, 3.63) is 0 Å². The van der Waals surface area contributed by atoms with Gasteiger partial charge in [0, 0.05) is 23.7 Å². The molecule has 1 fully saturated rings. The molecule has 100 valence electrons. The number of carbonyl (C=O) groups is 1. The second kappa shape index (κ2) is 4.94. The highest BCUT2D eigenvalue weighted by Crippen LogP contribution is 2.29. The van der Waals surface area contributed by atoms with Crippen molar-refractivity contribution in [1.82, 2.24) is 10.2 Å². The Hall–Kier alpha value is -0.610. The second-order valence-corrected chi connectivity index (χ2v) is 6.59. The van der Waals surface area contributed by atoms with Crippen LogP contribution in [0.1, 0.15) is 47.5 Å². The summed E-state index contributed by atoms with van der Waals surface area (Å²) in [7, 11) is 0. The highest BCUT2D eigenvalue weighted by atomic mass is 16.4. The van der Waals surface area contributed by atoms with Crippen molar-refractivity contribution in [2.45, 2.75) is 64.6 Å². The van der Waals surface area contributed by atoms with Crippen LogP contribution < -0.4 is 5.32 Å². The summed E-state index contributed by atoms with van der Waals surface area (Å²) in [6.07, 6.45) is 1.24. The van der Waals surface area contributed by atoms with E-state index < -0.39 is 5.97 Å². The lowest BCUT2D eigenvalue weighted by atomic mass is 9.91. The van der Waals surface area contributed by atoms with Gasteiger partial charge in [0.15, 0.2) is 0 Å². The monoisotopic (exact) mass is 242 g/mol. The van der Waals surface area contributed by atoms with Gasteiger partial charge in [0.2, 0.25) is 0 Å². The molecular formula is C13H26N2O2. The van der Waals surface area contributed by atoms with Gasteiger partial charge in [0.1, 0.15) is 0 Å². The number of carboxylic acid groups (broad SMARTS) is 1. The van der Waals surface area contributed by atoms with E-state index in [9.17, 15) is 4.79 Å². The van der Waals surface area contributed by atoms with Crippen LogP contribution in [0.5, 0.6) is 0 Å². The molecular weight excluding hydrogens is 216 g/mol. The Bertz CT molecular complexity index is 282. The topological polar surface area (TPSA) is 52.6 Å². The third kappa shape index (κ3) is 3.96. The van der Waals surface area contributed by atoms with E-state index in [0.717, 1.165) is 19.5 Å². The van der Waals surface area contributed by atoms with Crippen LogP contribution in [-0.4, -0.2) is 46.2 Å². The van der Waals surface area contributed by atoms with Gasteiger partial charge in [0.05, 0.1) is 6.42 Å². The number of rotatable bonds is 2. The van der Waals surface area contributed by atoms with Crippen molar-refractivity contribution in [2.75, 3.05) is 13.1 Å². The fraction of sp³-hybridized carbons (Fsp3) is 0.923. The molecule has 0 spiro atoms. The first-order chi connectivity index (χ1) is 7.63. The van der Waals surface area contributed by atoms with Crippen LogP contribution in [-0.2, 0) is 4.79 Å².